The quantitative estimate of drug-likeness (QED) is 0.731. The Morgan fingerprint density at radius 3 is 2.59 bits per heavy atom. The molecule has 6 heteroatoms. The van der Waals surface area contributed by atoms with Crippen molar-refractivity contribution in [3.8, 4) is 5.75 Å². The van der Waals surface area contributed by atoms with Crippen molar-refractivity contribution in [3.05, 3.63) is 23.8 Å². The molecule has 0 fully saturated rings. The number of benzene rings is 1. The van der Waals surface area contributed by atoms with Crippen LogP contribution in [0.25, 0.3) is 0 Å². The normalized spacial score (nSPS) is 11.5. The van der Waals surface area contributed by atoms with Crippen LogP contribution in [0.5, 0.6) is 5.75 Å². The highest BCUT2D eigenvalue weighted by Crippen LogP contribution is 2.22. The van der Waals surface area contributed by atoms with Gasteiger partial charge >= 0.3 is 0 Å². The maximum Gasteiger partial charge on any atom is 0.238 e. The van der Waals surface area contributed by atoms with E-state index >= 15 is 0 Å². The van der Waals surface area contributed by atoms with Crippen molar-refractivity contribution in [1.29, 1.82) is 0 Å². The molecule has 0 saturated heterocycles. The average molecular weight is 258 g/mol. The van der Waals surface area contributed by atoms with Gasteiger partial charge in [-0.1, -0.05) is 6.92 Å². The Balaban J connectivity index is 2.94. The Kier molecular flexibility index (Phi) is 4.92. The molecule has 17 heavy (non-hydrogen) atoms. The van der Waals surface area contributed by atoms with Crippen LogP contribution in [0.2, 0.25) is 0 Å². The Morgan fingerprint density at radius 1 is 1.35 bits per heavy atom. The van der Waals surface area contributed by atoms with Crippen molar-refractivity contribution >= 4 is 10.0 Å². The summed E-state index contributed by atoms with van der Waals surface area (Å²) >= 11 is 0. The Morgan fingerprint density at radius 2 is 2.06 bits per heavy atom. The molecule has 0 aliphatic heterocycles. The molecule has 0 radical (unpaired) electrons. The fraction of sp³-hybridized carbons (Fsp3) is 0.455. The number of sulfonamides is 1. The minimum Gasteiger partial charge on any atom is -0.493 e. The first kappa shape index (κ1) is 14.0. The molecular weight excluding hydrogens is 240 g/mol. The number of nitrogens with two attached hydrogens (primary N) is 2. The summed E-state index contributed by atoms with van der Waals surface area (Å²) in [6.07, 6.45) is 1.45. The number of aryl methyl sites for hydroxylation is 1. The van der Waals surface area contributed by atoms with Crippen molar-refractivity contribution in [2.24, 2.45) is 10.9 Å². The third-order valence-electron chi connectivity index (χ3n) is 2.35. The van der Waals surface area contributed by atoms with Gasteiger partial charge in [0.1, 0.15) is 5.75 Å². The van der Waals surface area contributed by atoms with E-state index in [0.717, 1.165) is 12.0 Å². The predicted octanol–water partition coefficient (Wildman–Crippen LogP) is 0.624. The molecule has 0 amide bonds. The molecule has 0 bridgehead atoms. The van der Waals surface area contributed by atoms with Crippen LogP contribution < -0.4 is 15.6 Å². The second-order valence-corrected chi connectivity index (χ2v) is 5.22. The highest BCUT2D eigenvalue weighted by Gasteiger charge is 2.11. The largest absolute Gasteiger partial charge is 0.493 e. The Hall–Kier alpha value is -1.11. The summed E-state index contributed by atoms with van der Waals surface area (Å²) in [6, 6.07) is 4.63. The van der Waals surface area contributed by atoms with E-state index in [9.17, 15) is 8.42 Å². The number of ether oxygens (including phenoxy) is 1. The smallest absolute Gasteiger partial charge is 0.238 e. The molecule has 0 aliphatic carbocycles. The van der Waals surface area contributed by atoms with Crippen LogP contribution in [-0.2, 0) is 16.4 Å². The van der Waals surface area contributed by atoms with E-state index in [1.165, 1.54) is 6.07 Å². The number of primary sulfonamides is 1. The van der Waals surface area contributed by atoms with Crippen molar-refractivity contribution < 1.29 is 13.2 Å². The van der Waals surface area contributed by atoms with Gasteiger partial charge in [-0.05, 0) is 43.1 Å². The molecular formula is C11H18N2O3S. The number of hydrogen-bond acceptors (Lipinski definition) is 4. The highest BCUT2D eigenvalue weighted by atomic mass is 32.2. The van der Waals surface area contributed by atoms with Gasteiger partial charge in [0.05, 0.1) is 11.5 Å². The maximum atomic E-state index is 11.2. The molecule has 0 heterocycles. The predicted molar refractivity (Wildman–Crippen MR) is 66.4 cm³/mol. The van der Waals surface area contributed by atoms with E-state index in [4.69, 9.17) is 15.6 Å². The van der Waals surface area contributed by atoms with Gasteiger partial charge in [0, 0.05) is 0 Å². The molecule has 0 spiro atoms. The molecule has 0 atom stereocenters. The maximum absolute atomic E-state index is 11.2. The molecule has 0 aliphatic rings. The van der Waals surface area contributed by atoms with Gasteiger partial charge in [-0.2, -0.15) is 0 Å². The number of hydrogen-bond donors (Lipinski definition) is 2. The molecule has 1 rings (SSSR count). The Labute approximate surface area is 102 Å². The average Bonchev–Trinajstić information content (AvgIpc) is 2.28. The fourth-order valence-corrected chi connectivity index (χ4v) is 1.98. The van der Waals surface area contributed by atoms with E-state index in [1.54, 1.807) is 12.1 Å². The van der Waals surface area contributed by atoms with Crippen molar-refractivity contribution in [2.45, 2.75) is 24.7 Å². The van der Waals surface area contributed by atoms with Crippen molar-refractivity contribution in [2.75, 3.05) is 13.2 Å². The summed E-state index contributed by atoms with van der Waals surface area (Å²) in [5, 5.41) is 5.07. The Bertz CT molecular complexity index is 472. The second kappa shape index (κ2) is 6.00. The molecule has 0 aromatic heterocycles. The van der Waals surface area contributed by atoms with Gasteiger partial charge in [-0.15, -0.1) is 0 Å². The van der Waals surface area contributed by atoms with Gasteiger partial charge in [0.15, 0.2) is 0 Å². The molecule has 96 valence electrons. The standard InChI is InChI=1S/C11H18N2O3S/c1-2-9-8-10(17(13,14)15)4-5-11(9)16-7-3-6-12/h4-5,8H,2-3,6-7,12H2,1H3,(H2,13,14,15). The number of rotatable bonds is 6. The van der Waals surface area contributed by atoms with Crippen LogP contribution in [0, 0.1) is 0 Å². The first-order valence-electron chi connectivity index (χ1n) is 5.47. The van der Waals surface area contributed by atoms with Gasteiger partial charge in [-0.3, -0.25) is 0 Å². The summed E-state index contributed by atoms with van der Waals surface area (Å²) in [4.78, 5) is 0.112. The van der Waals surface area contributed by atoms with Crippen LogP contribution >= 0.6 is 0 Å². The fourth-order valence-electron chi connectivity index (χ4n) is 1.42. The minimum absolute atomic E-state index is 0.112. The van der Waals surface area contributed by atoms with Crippen molar-refractivity contribution in [3.63, 3.8) is 0 Å². The SMILES string of the molecule is CCc1cc(S(N)(=O)=O)ccc1OCCCN. The summed E-state index contributed by atoms with van der Waals surface area (Å²) in [7, 11) is -3.65. The lowest BCUT2D eigenvalue weighted by Crippen LogP contribution is -2.13. The van der Waals surface area contributed by atoms with Crippen LogP contribution in [-0.4, -0.2) is 21.6 Å². The zero-order valence-electron chi connectivity index (χ0n) is 9.85. The monoisotopic (exact) mass is 258 g/mol. The molecule has 5 nitrogen and oxygen atoms in total. The topological polar surface area (TPSA) is 95.4 Å². The molecule has 0 saturated carbocycles. The zero-order chi connectivity index (χ0) is 12.9. The summed E-state index contributed by atoms with van der Waals surface area (Å²) < 4.78 is 27.9. The van der Waals surface area contributed by atoms with Crippen LogP contribution in [0.15, 0.2) is 23.1 Å². The van der Waals surface area contributed by atoms with E-state index in [0.29, 0.717) is 25.3 Å². The lowest BCUT2D eigenvalue weighted by Gasteiger charge is -2.11. The highest BCUT2D eigenvalue weighted by molar-refractivity contribution is 7.89. The second-order valence-electron chi connectivity index (χ2n) is 3.66. The molecule has 1 aromatic carbocycles. The van der Waals surface area contributed by atoms with Crippen LogP contribution in [0.3, 0.4) is 0 Å². The lowest BCUT2D eigenvalue weighted by atomic mass is 10.1. The van der Waals surface area contributed by atoms with Gasteiger partial charge in [0.25, 0.3) is 0 Å². The molecule has 1 aromatic rings. The van der Waals surface area contributed by atoms with Gasteiger partial charge < -0.3 is 10.5 Å². The van der Waals surface area contributed by atoms with Crippen molar-refractivity contribution in [1.82, 2.24) is 0 Å². The summed E-state index contributed by atoms with van der Waals surface area (Å²) in [5.41, 5.74) is 6.20. The first-order chi connectivity index (χ1) is 7.99. The van der Waals surface area contributed by atoms with Gasteiger partial charge in [0.2, 0.25) is 10.0 Å². The van der Waals surface area contributed by atoms with E-state index in [2.05, 4.69) is 0 Å². The van der Waals surface area contributed by atoms with Crippen LogP contribution in [0.1, 0.15) is 18.9 Å². The molecule has 4 N–H and O–H groups in total. The summed E-state index contributed by atoms with van der Waals surface area (Å²) in [5.74, 6) is 0.688. The van der Waals surface area contributed by atoms with Gasteiger partial charge in [-0.25, -0.2) is 13.6 Å². The third-order valence-corrected chi connectivity index (χ3v) is 3.26. The molecule has 0 unspecified atom stereocenters. The third kappa shape index (κ3) is 3.99. The lowest BCUT2D eigenvalue weighted by molar-refractivity contribution is 0.310. The zero-order valence-corrected chi connectivity index (χ0v) is 10.7. The van der Waals surface area contributed by atoms with E-state index < -0.39 is 10.0 Å². The first-order valence-corrected chi connectivity index (χ1v) is 7.02. The van der Waals surface area contributed by atoms with E-state index in [-0.39, 0.29) is 4.90 Å². The minimum atomic E-state index is -3.65. The summed E-state index contributed by atoms with van der Waals surface area (Å²) in [6.45, 7) is 3.02. The van der Waals surface area contributed by atoms with Crippen LogP contribution in [0.4, 0.5) is 0 Å². The van der Waals surface area contributed by atoms with E-state index in [1.807, 2.05) is 6.92 Å².